The monoisotopic (exact) mass is 312 g/mol. The Morgan fingerprint density at radius 3 is 2.35 bits per heavy atom. The van der Waals surface area contributed by atoms with Gasteiger partial charge in [-0.05, 0) is 17.6 Å². The Bertz CT molecular complexity index is 778. The second-order valence-electron chi connectivity index (χ2n) is 6.09. The summed E-state index contributed by atoms with van der Waals surface area (Å²) in [5.41, 5.74) is 0.0808. The molecule has 3 atom stereocenters. The van der Waals surface area contributed by atoms with Crippen molar-refractivity contribution in [2.75, 3.05) is 0 Å². The van der Waals surface area contributed by atoms with Crippen LogP contribution in [0.25, 0.3) is 5.57 Å². The molecule has 4 rings (SSSR count). The van der Waals surface area contributed by atoms with Gasteiger partial charge in [0.2, 0.25) is 0 Å². The lowest BCUT2D eigenvalue weighted by Gasteiger charge is -2.32. The molecule has 1 aromatic carbocycles. The number of hydrogen-bond donors (Lipinski definition) is 0. The predicted molar refractivity (Wildman–Crippen MR) is 75.3 cm³/mol. The number of carbonyl (C=O) groups excluding carboxylic acids is 4. The Morgan fingerprint density at radius 2 is 1.70 bits per heavy atom. The first-order valence-electron chi connectivity index (χ1n) is 7.29. The number of rotatable bonds is 1. The van der Waals surface area contributed by atoms with E-state index >= 15 is 0 Å². The third-order valence-electron chi connectivity index (χ3n) is 4.69. The molecule has 2 heterocycles. The van der Waals surface area contributed by atoms with Crippen LogP contribution in [-0.4, -0.2) is 23.9 Å². The number of hydrogen-bond acceptors (Lipinski definition) is 6. The summed E-state index contributed by atoms with van der Waals surface area (Å²) >= 11 is 0. The normalized spacial score (nSPS) is 32.6. The zero-order chi connectivity index (χ0) is 16.2. The molecule has 0 aromatic heterocycles. The fourth-order valence-corrected chi connectivity index (χ4v) is 3.65. The zero-order valence-corrected chi connectivity index (χ0v) is 12.0. The first kappa shape index (κ1) is 13.9. The molecule has 2 fully saturated rings. The van der Waals surface area contributed by atoms with Gasteiger partial charge in [-0.15, -0.1) is 0 Å². The van der Waals surface area contributed by atoms with Gasteiger partial charge in [0.15, 0.2) is 0 Å². The summed E-state index contributed by atoms with van der Waals surface area (Å²) in [6, 6.07) is 9.01. The van der Waals surface area contributed by atoms with Crippen molar-refractivity contribution >= 4 is 29.5 Å². The molecule has 2 saturated heterocycles. The van der Waals surface area contributed by atoms with Crippen LogP contribution in [0, 0.1) is 17.3 Å². The fraction of sp³-hybridized carbons (Fsp3) is 0.294. The van der Waals surface area contributed by atoms with Gasteiger partial charge in [-0.25, -0.2) is 0 Å². The van der Waals surface area contributed by atoms with Crippen molar-refractivity contribution in [2.24, 2.45) is 17.3 Å². The maximum atomic E-state index is 12.2. The summed E-state index contributed by atoms with van der Waals surface area (Å²) in [6.07, 6.45) is 1.56. The average Bonchev–Trinajstić information content (AvgIpc) is 2.96. The van der Waals surface area contributed by atoms with Crippen LogP contribution in [0.3, 0.4) is 0 Å². The Morgan fingerprint density at radius 1 is 0.957 bits per heavy atom. The topological polar surface area (TPSA) is 86.7 Å². The highest BCUT2D eigenvalue weighted by atomic mass is 16.6. The van der Waals surface area contributed by atoms with E-state index in [-0.39, 0.29) is 12.8 Å². The lowest BCUT2D eigenvalue weighted by Crippen LogP contribution is -2.36. The molecule has 1 spiro atoms. The van der Waals surface area contributed by atoms with Gasteiger partial charge in [0.05, 0.1) is 23.7 Å². The van der Waals surface area contributed by atoms with E-state index in [4.69, 9.17) is 4.74 Å². The fourth-order valence-electron chi connectivity index (χ4n) is 3.65. The maximum Gasteiger partial charge on any atom is 0.324 e. The van der Waals surface area contributed by atoms with Crippen molar-refractivity contribution in [2.45, 2.75) is 12.8 Å². The van der Waals surface area contributed by atoms with Crippen LogP contribution < -0.4 is 0 Å². The third-order valence-corrected chi connectivity index (χ3v) is 4.69. The van der Waals surface area contributed by atoms with Crippen molar-refractivity contribution in [3.05, 3.63) is 42.0 Å². The number of ether oxygens (including phenoxy) is 2. The molecule has 0 saturated carbocycles. The van der Waals surface area contributed by atoms with E-state index < -0.39 is 41.1 Å². The minimum atomic E-state index is -1.19. The van der Waals surface area contributed by atoms with E-state index in [1.165, 1.54) is 0 Å². The molecule has 0 N–H and O–H groups in total. The molecule has 0 amide bonds. The highest BCUT2D eigenvalue weighted by Crippen LogP contribution is 2.52. The van der Waals surface area contributed by atoms with Crippen LogP contribution in [-0.2, 0) is 28.7 Å². The van der Waals surface area contributed by atoms with Crippen molar-refractivity contribution < 1.29 is 28.7 Å². The lowest BCUT2D eigenvalue weighted by atomic mass is 9.65. The molecule has 0 bridgehead atoms. The smallest absolute Gasteiger partial charge is 0.324 e. The highest BCUT2D eigenvalue weighted by Gasteiger charge is 2.59. The molecule has 116 valence electrons. The zero-order valence-electron chi connectivity index (χ0n) is 12.0. The van der Waals surface area contributed by atoms with Gasteiger partial charge in [-0.2, -0.15) is 0 Å². The summed E-state index contributed by atoms with van der Waals surface area (Å²) in [5, 5.41) is 0. The molecule has 3 unspecified atom stereocenters. The molecule has 1 aliphatic carbocycles. The minimum Gasteiger partial charge on any atom is -0.392 e. The van der Waals surface area contributed by atoms with Gasteiger partial charge < -0.3 is 9.47 Å². The van der Waals surface area contributed by atoms with Crippen LogP contribution in [0.5, 0.6) is 0 Å². The third kappa shape index (κ3) is 1.94. The minimum absolute atomic E-state index is 0.0587. The summed E-state index contributed by atoms with van der Waals surface area (Å²) in [5.74, 6) is -4.03. The van der Waals surface area contributed by atoms with Gasteiger partial charge in [-0.3, -0.25) is 19.2 Å². The number of esters is 4. The Balaban J connectivity index is 1.90. The molecule has 23 heavy (non-hydrogen) atoms. The summed E-state index contributed by atoms with van der Waals surface area (Å²) in [7, 11) is 0. The van der Waals surface area contributed by atoms with Gasteiger partial charge in [-0.1, -0.05) is 36.4 Å². The van der Waals surface area contributed by atoms with Crippen molar-refractivity contribution in [3.63, 3.8) is 0 Å². The van der Waals surface area contributed by atoms with Crippen LogP contribution in [0.15, 0.2) is 36.4 Å². The molecule has 3 aliphatic rings. The predicted octanol–water partition coefficient (Wildman–Crippen LogP) is 1.25. The SMILES string of the molecule is O=C1CC2(C=C(c3ccccc3)C3C(=O)OC(=O)C3C2)C(=O)O1. The number of carbonyl (C=O) groups is 4. The van der Waals surface area contributed by atoms with Gasteiger partial charge in [0, 0.05) is 0 Å². The number of cyclic esters (lactones) is 4. The molecular formula is C17H12O6. The molecular weight excluding hydrogens is 300 g/mol. The van der Waals surface area contributed by atoms with Gasteiger partial charge in [0.1, 0.15) is 0 Å². The summed E-state index contributed by atoms with van der Waals surface area (Å²) in [6.45, 7) is 0. The highest BCUT2D eigenvalue weighted by molar-refractivity contribution is 6.07. The van der Waals surface area contributed by atoms with Gasteiger partial charge >= 0.3 is 23.9 Å². The average molecular weight is 312 g/mol. The first-order chi connectivity index (χ1) is 11.0. The van der Waals surface area contributed by atoms with Crippen LogP contribution in [0.1, 0.15) is 18.4 Å². The Labute approximate surface area is 131 Å². The maximum absolute atomic E-state index is 12.2. The Kier molecular flexibility index (Phi) is 2.78. The van der Waals surface area contributed by atoms with E-state index in [1.54, 1.807) is 30.3 Å². The molecule has 2 aliphatic heterocycles. The second-order valence-corrected chi connectivity index (χ2v) is 6.09. The molecule has 6 heteroatoms. The Hall–Kier alpha value is -2.76. The number of fused-ring (bicyclic) bond motifs is 1. The van der Waals surface area contributed by atoms with Crippen LogP contribution in [0.4, 0.5) is 0 Å². The van der Waals surface area contributed by atoms with E-state index in [9.17, 15) is 19.2 Å². The van der Waals surface area contributed by atoms with E-state index in [0.717, 1.165) is 5.56 Å². The van der Waals surface area contributed by atoms with Crippen molar-refractivity contribution in [1.29, 1.82) is 0 Å². The molecule has 1 aromatic rings. The molecule has 0 radical (unpaired) electrons. The quantitative estimate of drug-likeness (QED) is 0.573. The van der Waals surface area contributed by atoms with Gasteiger partial charge in [0.25, 0.3) is 0 Å². The van der Waals surface area contributed by atoms with Crippen molar-refractivity contribution in [3.8, 4) is 0 Å². The standard InChI is InChI=1S/C17H12O6/c18-12-8-17(16(21)22-12)6-10(9-4-2-1-3-5-9)13-11(7-17)14(19)23-15(13)20/h1-6,11,13H,7-8H2. The number of benzene rings is 1. The van der Waals surface area contributed by atoms with Crippen LogP contribution >= 0.6 is 0 Å². The second kappa shape index (κ2) is 4.62. The summed E-state index contributed by atoms with van der Waals surface area (Å²) in [4.78, 5) is 47.8. The van der Waals surface area contributed by atoms with E-state index in [2.05, 4.69) is 4.74 Å². The molecule has 6 nitrogen and oxygen atoms in total. The first-order valence-corrected chi connectivity index (χ1v) is 7.29. The summed E-state index contributed by atoms with van der Waals surface area (Å²) < 4.78 is 9.46. The van der Waals surface area contributed by atoms with E-state index in [1.807, 2.05) is 6.07 Å². The van der Waals surface area contributed by atoms with E-state index in [0.29, 0.717) is 5.57 Å². The largest absolute Gasteiger partial charge is 0.392 e. The lowest BCUT2D eigenvalue weighted by molar-refractivity contribution is -0.155. The van der Waals surface area contributed by atoms with Crippen molar-refractivity contribution in [1.82, 2.24) is 0 Å². The van der Waals surface area contributed by atoms with Crippen LogP contribution in [0.2, 0.25) is 0 Å².